The number of carboxylic acids is 1. The highest BCUT2D eigenvalue weighted by Gasteiger charge is 2.29. The number of halogens is 2. The van der Waals surface area contributed by atoms with Gasteiger partial charge in [-0.05, 0) is 37.3 Å². The summed E-state index contributed by atoms with van der Waals surface area (Å²) in [5, 5.41) is 11.3. The van der Waals surface area contributed by atoms with Gasteiger partial charge in [-0.25, -0.2) is 8.78 Å². The predicted molar refractivity (Wildman–Crippen MR) is 93.7 cm³/mol. The molecule has 2 N–H and O–H groups in total. The molecular formula is C19H24F2N2O4. The highest BCUT2D eigenvalue weighted by molar-refractivity contribution is 5.79. The monoisotopic (exact) mass is 382 g/mol. The molecule has 6 nitrogen and oxygen atoms in total. The molecule has 1 aliphatic heterocycles. The van der Waals surface area contributed by atoms with Crippen molar-refractivity contribution >= 4 is 17.8 Å². The third-order valence-electron chi connectivity index (χ3n) is 4.74. The Bertz CT molecular complexity index is 691. The van der Waals surface area contributed by atoms with Gasteiger partial charge < -0.3 is 15.3 Å². The third-order valence-corrected chi connectivity index (χ3v) is 4.74. The molecule has 2 rings (SSSR count). The fourth-order valence-electron chi connectivity index (χ4n) is 3.47. The first-order valence-electron chi connectivity index (χ1n) is 8.98. The molecule has 1 aromatic carbocycles. The van der Waals surface area contributed by atoms with E-state index in [4.69, 9.17) is 5.11 Å². The van der Waals surface area contributed by atoms with Crippen molar-refractivity contribution in [3.63, 3.8) is 0 Å². The number of hydrogen-bond donors (Lipinski definition) is 2. The summed E-state index contributed by atoms with van der Waals surface area (Å²) in [5.74, 6) is -3.24. The summed E-state index contributed by atoms with van der Waals surface area (Å²) in [6, 6.07) is 2.29. The van der Waals surface area contributed by atoms with Crippen molar-refractivity contribution in [3.8, 4) is 0 Å². The Morgan fingerprint density at radius 1 is 1.30 bits per heavy atom. The average Bonchev–Trinajstić information content (AvgIpc) is 2.59. The fourth-order valence-corrected chi connectivity index (χ4v) is 3.47. The second kappa shape index (κ2) is 9.43. The Morgan fingerprint density at radius 3 is 2.56 bits per heavy atom. The van der Waals surface area contributed by atoms with E-state index in [1.807, 2.05) is 0 Å². The van der Waals surface area contributed by atoms with Crippen LogP contribution in [0.15, 0.2) is 18.2 Å². The lowest BCUT2D eigenvalue weighted by atomic mass is 9.92. The van der Waals surface area contributed by atoms with Gasteiger partial charge in [-0.1, -0.05) is 6.07 Å². The molecule has 0 aromatic heterocycles. The standard InChI is InChI=1S/C19H24F2N2O4/c1-12(24)22-16(19-14(20)5-2-6-15(19)21)10-17(25)23-9-3-4-13(11-23)7-8-18(26)27/h2,5-6,13,16H,3-4,7-11H2,1H3,(H,22,24)(H,26,27). The molecule has 1 fully saturated rings. The molecule has 0 bridgehead atoms. The maximum atomic E-state index is 14.1. The van der Waals surface area contributed by atoms with Crippen LogP contribution in [0.5, 0.6) is 0 Å². The van der Waals surface area contributed by atoms with E-state index < -0.39 is 29.6 Å². The first-order chi connectivity index (χ1) is 12.8. The van der Waals surface area contributed by atoms with Crippen LogP contribution >= 0.6 is 0 Å². The normalized spacial score (nSPS) is 18.0. The zero-order valence-corrected chi connectivity index (χ0v) is 15.2. The number of carbonyl (C=O) groups is 3. The van der Waals surface area contributed by atoms with Crippen LogP contribution in [0.3, 0.4) is 0 Å². The molecule has 1 heterocycles. The summed E-state index contributed by atoms with van der Waals surface area (Å²) >= 11 is 0. The minimum absolute atomic E-state index is 0.0433. The number of likely N-dealkylation sites (tertiary alicyclic amines) is 1. The number of carboxylic acid groups (broad SMARTS) is 1. The number of hydrogen-bond acceptors (Lipinski definition) is 3. The second-order valence-corrected chi connectivity index (χ2v) is 6.87. The van der Waals surface area contributed by atoms with Crippen molar-refractivity contribution in [3.05, 3.63) is 35.4 Å². The van der Waals surface area contributed by atoms with Crippen LogP contribution in [0.2, 0.25) is 0 Å². The van der Waals surface area contributed by atoms with Gasteiger partial charge in [0.2, 0.25) is 11.8 Å². The average molecular weight is 382 g/mol. The van der Waals surface area contributed by atoms with Gasteiger partial charge in [0, 0.05) is 32.0 Å². The number of amides is 2. The number of aliphatic carboxylic acids is 1. The number of piperidine rings is 1. The van der Waals surface area contributed by atoms with Gasteiger partial charge in [0.25, 0.3) is 0 Å². The number of benzene rings is 1. The zero-order valence-electron chi connectivity index (χ0n) is 15.2. The molecular weight excluding hydrogens is 358 g/mol. The van der Waals surface area contributed by atoms with Gasteiger partial charge in [-0.2, -0.15) is 0 Å². The van der Waals surface area contributed by atoms with Crippen molar-refractivity contribution in [2.24, 2.45) is 5.92 Å². The van der Waals surface area contributed by atoms with Crippen LogP contribution in [-0.4, -0.2) is 40.9 Å². The van der Waals surface area contributed by atoms with Gasteiger partial charge >= 0.3 is 5.97 Å². The van der Waals surface area contributed by atoms with Gasteiger partial charge in [0.05, 0.1) is 12.5 Å². The quantitative estimate of drug-likeness (QED) is 0.759. The lowest BCUT2D eigenvalue weighted by Crippen LogP contribution is -2.42. The van der Waals surface area contributed by atoms with E-state index >= 15 is 0 Å². The number of nitrogens with one attached hydrogen (secondary N) is 1. The summed E-state index contributed by atoms with van der Waals surface area (Å²) in [5.41, 5.74) is -0.333. The van der Waals surface area contributed by atoms with Crippen molar-refractivity contribution < 1.29 is 28.3 Å². The van der Waals surface area contributed by atoms with Crippen molar-refractivity contribution in [2.75, 3.05) is 13.1 Å². The Morgan fingerprint density at radius 2 is 1.96 bits per heavy atom. The molecule has 8 heteroatoms. The van der Waals surface area contributed by atoms with Crippen molar-refractivity contribution in [1.82, 2.24) is 10.2 Å². The molecule has 0 aliphatic carbocycles. The van der Waals surface area contributed by atoms with E-state index in [-0.39, 0.29) is 30.2 Å². The first kappa shape index (κ1) is 20.8. The molecule has 27 heavy (non-hydrogen) atoms. The molecule has 148 valence electrons. The summed E-state index contributed by atoms with van der Waals surface area (Å²) in [4.78, 5) is 36.5. The molecule has 2 amide bonds. The Balaban J connectivity index is 2.09. The summed E-state index contributed by atoms with van der Waals surface area (Å²) < 4.78 is 28.2. The van der Waals surface area contributed by atoms with E-state index in [1.54, 1.807) is 4.90 Å². The largest absolute Gasteiger partial charge is 0.481 e. The number of nitrogens with zero attached hydrogens (tertiary/aromatic N) is 1. The molecule has 0 saturated carbocycles. The van der Waals surface area contributed by atoms with Gasteiger partial charge in [-0.15, -0.1) is 0 Å². The van der Waals surface area contributed by atoms with Gasteiger partial charge in [0.1, 0.15) is 11.6 Å². The van der Waals surface area contributed by atoms with E-state index in [0.717, 1.165) is 25.0 Å². The zero-order chi connectivity index (χ0) is 20.0. The lowest BCUT2D eigenvalue weighted by molar-refractivity contribution is -0.137. The minimum atomic E-state index is -1.10. The lowest BCUT2D eigenvalue weighted by Gasteiger charge is -2.33. The van der Waals surface area contributed by atoms with E-state index in [1.165, 1.54) is 13.0 Å². The molecule has 2 atom stereocenters. The van der Waals surface area contributed by atoms with Crippen molar-refractivity contribution in [2.45, 2.75) is 45.1 Å². The summed E-state index contributed by atoms with van der Waals surface area (Å²) in [6.45, 7) is 2.15. The summed E-state index contributed by atoms with van der Waals surface area (Å²) in [6.07, 6.45) is 1.85. The van der Waals surface area contributed by atoms with Crippen molar-refractivity contribution in [1.29, 1.82) is 0 Å². The van der Waals surface area contributed by atoms with Crippen LogP contribution < -0.4 is 5.32 Å². The van der Waals surface area contributed by atoms with Crippen LogP contribution in [-0.2, 0) is 14.4 Å². The first-order valence-corrected chi connectivity index (χ1v) is 8.98. The second-order valence-electron chi connectivity index (χ2n) is 6.87. The van der Waals surface area contributed by atoms with E-state index in [9.17, 15) is 23.2 Å². The number of rotatable bonds is 7. The highest BCUT2D eigenvalue weighted by Crippen LogP contribution is 2.26. The highest BCUT2D eigenvalue weighted by atomic mass is 19.1. The fraction of sp³-hybridized carbons (Fsp3) is 0.526. The van der Waals surface area contributed by atoms with E-state index in [0.29, 0.717) is 19.5 Å². The maximum Gasteiger partial charge on any atom is 0.303 e. The number of carbonyl (C=O) groups excluding carboxylic acids is 2. The van der Waals surface area contributed by atoms with E-state index in [2.05, 4.69) is 5.32 Å². The molecule has 0 spiro atoms. The Labute approximate surface area is 156 Å². The molecule has 1 aliphatic rings. The molecule has 0 radical (unpaired) electrons. The minimum Gasteiger partial charge on any atom is -0.481 e. The van der Waals surface area contributed by atoms with Crippen LogP contribution in [0.25, 0.3) is 0 Å². The van der Waals surface area contributed by atoms with Crippen LogP contribution in [0, 0.1) is 17.6 Å². The van der Waals surface area contributed by atoms with Gasteiger partial charge in [0.15, 0.2) is 0 Å². The molecule has 1 saturated heterocycles. The van der Waals surface area contributed by atoms with Crippen LogP contribution in [0.1, 0.15) is 50.6 Å². The van der Waals surface area contributed by atoms with Crippen LogP contribution in [0.4, 0.5) is 8.78 Å². The van der Waals surface area contributed by atoms with Gasteiger partial charge in [-0.3, -0.25) is 14.4 Å². The topological polar surface area (TPSA) is 86.7 Å². The third kappa shape index (κ3) is 6.01. The smallest absolute Gasteiger partial charge is 0.303 e. The molecule has 2 unspecified atom stereocenters. The Kier molecular flexibility index (Phi) is 7.27. The molecule has 1 aromatic rings. The SMILES string of the molecule is CC(=O)NC(CC(=O)N1CCCC(CCC(=O)O)C1)c1c(F)cccc1F. The maximum absolute atomic E-state index is 14.1. The Hall–Kier alpha value is -2.51. The predicted octanol–water partition coefficient (Wildman–Crippen LogP) is 2.64. The summed E-state index contributed by atoms with van der Waals surface area (Å²) in [7, 11) is 0.